The van der Waals surface area contributed by atoms with Gasteiger partial charge in [0.25, 0.3) is 0 Å². The normalized spacial score (nSPS) is 16.4. The number of carbonyl (C=O) groups is 1. The number of carbonyl (C=O) groups excluding carboxylic acids is 1. The van der Waals surface area contributed by atoms with Crippen molar-refractivity contribution in [2.45, 2.75) is 58.2 Å². The van der Waals surface area contributed by atoms with E-state index in [0.717, 1.165) is 5.32 Å². The Morgan fingerprint density at radius 1 is 1.16 bits per heavy atom. The van der Waals surface area contributed by atoms with E-state index >= 15 is 0 Å². The predicted octanol–water partition coefficient (Wildman–Crippen LogP) is 4.68. The van der Waals surface area contributed by atoms with Gasteiger partial charge in [-0.15, -0.1) is 0 Å². The monoisotopic (exact) mass is 406 g/mol. The molecular formula is C22H30O2Se. The molecule has 25 heavy (non-hydrogen) atoms. The third kappa shape index (κ3) is 6.84. The van der Waals surface area contributed by atoms with E-state index in [0.29, 0.717) is 27.5 Å². The third-order valence-electron chi connectivity index (χ3n) is 4.61. The van der Waals surface area contributed by atoms with Crippen LogP contribution in [0.4, 0.5) is 0 Å². The van der Waals surface area contributed by atoms with Gasteiger partial charge in [0.05, 0.1) is 0 Å². The Hall–Kier alpha value is -1.31. The Balaban J connectivity index is 2.10. The van der Waals surface area contributed by atoms with Gasteiger partial charge in [-0.25, -0.2) is 0 Å². The summed E-state index contributed by atoms with van der Waals surface area (Å²) < 4.78 is 6.53. The molecule has 1 saturated carbocycles. The molecule has 0 spiro atoms. The summed E-state index contributed by atoms with van der Waals surface area (Å²) in [6, 6.07) is 6.52. The first-order chi connectivity index (χ1) is 12.1. The topological polar surface area (TPSA) is 26.3 Å². The summed E-state index contributed by atoms with van der Waals surface area (Å²) in [5.74, 6) is 0.431. The van der Waals surface area contributed by atoms with Gasteiger partial charge in [0.15, 0.2) is 0 Å². The molecule has 0 bridgehead atoms. The first-order valence-corrected chi connectivity index (χ1v) is 11.4. The molecule has 1 fully saturated rings. The summed E-state index contributed by atoms with van der Waals surface area (Å²) in [6.45, 7) is 6.66. The van der Waals surface area contributed by atoms with E-state index in [1.54, 1.807) is 6.08 Å². The van der Waals surface area contributed by atoms with Crippen LogP contribution < -0.4 is 4.46 Å². The summed E-state index contributed by atoms with van der Waals surface area (Å²) in [5.41, 5.74) is 4.06. The minimum absolute atomic E-state index is 0.239. The van der Waals surface area contributed by atoms with Gasteiger partial charge in [-0.3, -0.25) is 0 Å². The number of aryl methyl sites for hydroxylation is 2. The van der Waals surface area contributed by atoms with Crippen LogP contribution in [-0.2, 0) is 9.53 Å². The number of rotatable bonds is 7. The van der Waals surface area contributed by atoms with Gasteiger partial charge in [0.1, 0.15) is 0 Å². The van der Waals surface area contributed by atoms with Crippen LogP contribution in [0.5, 0.6) is 0 Å². The molecule has 0 aliphatic heterocycles. The first-order valence-electron chi connectivity index (χ1n) is 9.34. The number of allylic oxidation sites excluding steroid dienone is 3. The van der Waals surface area contributed by atoms with E-state index in [4.69, 9.17) is 4.74 Å². The fourth-order valence-electron chi connectivity index (χ4n) is 3.30. The zero-order chi connectivity index (χ0) is 18.1. The van der Waals surface area contributed by atoms with Gasteiger partial charge in [-0.05, 0) is 0 Å². The predicted molar refractivity (Wildman–Crippen MR) is 107 cm³/mol. The zero-order valence-electron chi connectivity index (χ0n) is 15.7. The molecule has 0 saturated heterocycles. The molecular weight excluding hydrogens is 375 g/mol. The minimum atomic E-state index is -0.239. The average molecular weight is 405 g/mol. The van der Waals surface area contributed by atoms with E-state index in [9.17, 15) is 4.79 Å². The maximum absolute atomic E-state index is 11.7. The second-order valence-electron chi connectivity index (χ2n) is 6.73. The Bertz CT molecular complexity index is 605. The molecule has 0 amide bonds. The molecule has 2 nitrogen and oxygen atoms in total. The van der Waals surface area contributed by atoms with E-state index in [2.05, 4.69) is 38.1 Å². The SMILES string of the molecule is CCOC(=O)/C=C\C(=C\C1CCCCC1)C[Se]c1c(C)cccc1C. The third-order valence-corrected chi connectivity index (χ3v) is 7.57. The van der Waals surface area contributed by atoms with Crippen molar-refractivity contribution >= 4 is 25.4 Å². The van der Waals surface area contributed by atoms with Gasteiger partial charge in [0.2, 0.25) is 0 Å². The van der Waals surface area contributed by atoms with Crippen LogP contribution in [0.25, 0.3) is 0 Å². The molecule has 3 heteroatoms. The molecule has 1 aliphatic carbocycles. The van der Waals surface area contributed by atoms with Gasteiger partial charge >= 0.3 is 159 Å². The van der Waals surface area contributed by atoms with Crippen molar-refractivity contribution in [2.75, 3.05) is 6.61 Å². The van der Waals surface area contributed by atoms with Crippen molar-refractivity contribution in [1.29, 1.82) is 0 Å². The fraction of sp³-hybridized carbons (Fsp3) is 0.500. The summed E-state index contributed by atoms with van der Waals surface area (Å²) in [6.07, 6.45) is 12.6. The molecule has 2 rings (SSSR count). The van der Waals surface area contributed by atoms with Crippen molar-refractivity contribution < 1.29 is 9.53 Å². The number of hydrogen-bond acceptors (Lipinski definition) is 2. The molecule has 1 aromatic carbocycles. The number of esters is 1. The van der Waals surface area contributed by atoms with Crippen LogP contribution in [0.15, 0.2) is 42.0 Å². The van der Waals surface area contributed by atoms with Crippen molar-refractivity contribution in [3.8, 4) is 0 Å². The maximum atomic E-state index is 11.7. The number of benzene rings is 1. The van der Waals surface area contributed by atoms with Crippen molar-refractivity contribution in [1.82, 2.24) is 0 Å². The van der Waals surface area contributed by atoms with Gasteiger partial charge in [-0.1, -0.05) is 0 Å². The summed E-state index contributed by atoms with van der Waals surface area (Å²) >= 11 is 0.384. The quantitative estimate of drug-likeness (QED) is 0.285. The average Bonchev–Trinajstić information content (AvgIpc) is 2.60. The second kappa shape index (κ2) is 10.6. The van der Waals surface area contributed by atoms with Crippen LogP contribution >= 0.6 is 0 Å². The Kier molecular flexibility index (Phi) is 8.51. The van der Waals surface area contributed by atoms with Crippen LogP contribution in [0.2, 0.25) is 5.32 Å². The molecule has 0 atom stereocenters. The Labute approximate surface area is 158 Å². The molecule has 0 unspecified atom stereocenters. The zero-order valence-corrected chi connectivity index (χ0v) is 17.4. The summed E-state index contributed by atoms with van der Waals surface area (Å²) in [4.78, 5) is 11.7. The van der Waals surface area contributed by atoms with Crippen molar-refractivity contribution in [3.63, 3.8) is 0 Å². The standard InChI is InChI=1S/C22H30O2Se/c1-4-24-21(23)14-13-20(15-19-11-6-5-7-12-19)16-25-22-17(2)9-8-10-18(22)3/h8-10,13-15,19H,4-7,11-12,16H2,1-3H3/b14-13-,20-15-. The fourth-order valence-corrected chi connectivity index (χ4v) is 5.60. The molecule has 1 aliphatic rings. The molecule has 136 valence electrons. The summed E-state index contributed by atoms with van der Waals surface area (Å²) in [5, 5.41) is 1.03. The molecule has 1 aromatic rings. The Morgan fingerprint density at radius 3 is 2.48 bits per heavy atom. The first kappa shape index (κ1) is 20.0. The van der Waals surface area contributed by atoms with E-state index in [1.807, 2.05) is 13.0 Å². The van der Waals surface area contributed by atoms with Gasteiger partial charge in [-0.2, -0.15) is 0 Å². The molecule has 0 N–H and O–H groups in total. The van der Waals surface area contributed by atoms with E-state index < -0.39 is 0 Å². The second-order valence-corrected chi connectivity index (χ2v) is 8.80. The van der Waals surface area contributed by atoms with E-state index in [1.165, 1.54) is 53.3 Å². The van der Waals surface area contributed by atoms with Crippen molar-refractivity contribution in [3.05, 3.63) is 53.1 Å². The van der Waals surface area contributed by atoms with Gasteiger partial charge in [0, 0.05) is 0 Å². The van der Waals surface area contributed by atoms with Crippen LogP contribution in [0.1, 0.15) is 50.2 Å². The van der Waals surface area contributed by atoms with E-state index in [-0.39, 0.29) is 5.97 Å². The number of ether oxygens (including phenoxy) is 1. The molecule has 0 aromatic heterocycles. The van der Waals surface area contributed by atoms with Crippen LogP contribution in [-0.4, -0.2) is 27.5 Å². The molecule has 0 heterocycles. The Morgan fingerprint density at radius 2 is 1.84 bits per heavy atom. The number of hydrogen-bond donors (Lipinski definition) is 0. The van der Waals surface area contributed by atoms with Gasteiger partial charge < -0.3 is 0 Å². The summed E-state index contributed by atoms with van der Waals surface area (Å²) in [7, 11) is 0. The van der Waals surface area contributed by atoms with Crippen LogP contribution in [0.3, 0.4) is 0 Å². The van der Waals surface area contributed by atoms with Crippen LogP contribution in [0, 0.1) is 19.8 Å². The van der Waals surface area contributed by atoms with Crippen molar-refractivity contribution in [2.24, 2.45) is 5.92 Å². The molecule has 0 radical (unpaired) electrons.